The molecule has 3 aromatic carbocycles. The summed E-state index contributed by atoms with van der Waals surface area (Å²) in [4.78, 5) is 27.9. The van der Waals surface area contributed by atoms with Crippen molar-refractivity contribution < 1.29 is 14.7 Å². The standard InChI is InChI=1S/C24H19Br2NO3/c1-15-3-2-4-16(11-15)14-27-21-10-9-19(26)12-20(21)24(30,23(27)29)13-22(28)17-5-7-18(25)8-6-17/h2-12,30H,13-14H2,1H3. The van der Waals surface area contributed by atoms with E-state index in [1.807, 2.05) is 37.3 Å². The summed E-state index contributed by atoms with van der Waals surface area (Å²) in [6.45, 7) is 2.32. The van der Waals surface area contributed by atoms with Gasteiger partial charge in [-0.05, 0) is 42.8 Å². The van der Waals surface area contributed by atoms with Gasteiger partial charge in [-0.25, -0.2) is 0 Å². The first kappa shape index (κ1) is 21.0. The second kappa shape index (κ2) is 8.10. The Morgan fingerprint density at radius 3 is 2.40 bits per heavy atom. The number of anilines is 1. The molecule has 1 N–H and O–H groups in total. The predicted octanol–water partition coefficient (Wildman–Crippen LogP) is 5.53. The van der Waals surface area contributed by atoms with Gasteiger partial charge in [-0.3, -0.25) is 9.59 Å². The van der Waals surface area contributed by atoms with Crippen LogP contribution in [0.2, 0.25) is 0 Å². The SMILES string of the molecule is Cc1cccc(CN2C(=O)C(O)(CC(=O)c3ccc(Br)cc3)c3cc(Br)ccc32)c1. The summed E-state index contributed by atoms with van der Waals surface area (Å²) in [7, 11) is 0. The molecule has 0 saturated heterocycles. The summed E-state index contributed by atoms with van der Waals surface area (Å²) < 4.78 is 1.59. The fraction of sp³-hybridized carbons (Fsp3) is 0.167. The van der Waals surface area contributed by atoms with Crippen LogP contribution in [-0.4, -0.2) is 16.8 Å². The van der Waals surface area contributed by atoms with Crippen molar-refractivity contribution in [3.63, 3.8) is 0 Å². The van der Waals surface area contributed by atoms with E-state index in [0.29, 0.717) is 23.4 Å². The summed E-state index contributed by atoms with van der Waals surface area (Å²) in [5.41, 5.74) is 1.66. The zero-order valence-corrected chi connectivity index (χ0v) is 19.4. The van der Waals surface area contributed by atoms with Crippen LogP contribution in [0.4, 0.5) is 5.69 Å². The molecule has 1 amide bonds. The summed E-state index contributed by atoms with van der Waals surface area (Å²) in [5, 5.41) is 11.5. The van der Waals surface area contributed by atoms with Gasteiger partial charge in [0, 0.05) is 20.1 Å². The number of fused-ring (bicyclic) bond motifs is 1. The van der Waals surface area contributed by atoms with Gasteiger partial charge >= 0.3 is 0 Å². The van der Waals surface area contributed by atoms with Crippen molar-refractivity contribution in [3.05, 3.63) is 97.9 Å². The highest BCUT2D eigenvalue weighted by atomic mass is 79.9. The molecule has 0 spiro atoms. The Morgan fingerprint density at radius 2 is 1.70 bits per heavy atom. The number of amides is 1. The molecule has 4 rings (SSSR count). The van der Waals surface area contributed by atoms with Gasteiger partial charge in [0.2, 0.25) is 0 Å². The van der Waals surface area contributed by atoms with Crippen LogP contribution in [0.15, 0.2) is 75.7 Å². The zero-order valence-electron chi connectivity index (χ0n) is 16.2. The molecule has 0 saturated carbocycles. The number of nitrogens with zero attached hydrogens (tertiary/aromatic N) is 1. The lowest BCUT2D eigenvalue weighted by Crippen LogP contribution is -2.41. The van der Waals surface area contributed by atoms with Crippen molar-refractivity contribution in [1.29, 1.82) is 0 Å². The number of benzene rings is 3. The van der Waals surface area contributed by atoms with Crippen LogP contribution in [0, 0.1) is 6.92 Å². The third-order valence-corrected chi connectivity index (χ3v) is 6.32. The Bertz CT molecular complexity index is 1140. The number of aryl methyl sites for hydroxylation is 1. The number of ketones is 1. The normalized spacial score (nSPS) is 17.9. The molecule has 6 heteroatoms. The van der Waals surface area contributed by atoms with Gasteiger partial charge in [0.05, 0.1) is 18.7 Å². The number of hydrogen-bond acceptors (Lipinski definition) is 3. The lowest BCUT2D eigenvalue weighted by molar-refractivity contribution is -0.136. The first-order valence-corrected chi connectivity index (χ1v) is 11.1. The maximum absolute atomic E-state index is 13.4. The number of aliphatic hydroxyl groups is 1. The lowest BCUT2D eigenvalue weighted by Gasteiger charge is -2.23. The van der Waals surface area contributed by atoms with E-state index in [2.05, 4.69) is 31.9 Å². The van der Waals surface area contributed by atoms with E-state index >= 15 is 0 Å². The molecule has 1 heterocycles. The molecule has 4 nitrogen and oxygen atoms in total. The Morgan fingerprint density at radius 1 is 1.00 bits per heavy atom. The number of carbonyl (C=O) groups excluding carboxylic acids is 2. The van der Waals surface area contributed by atoms with Crippen LogP contribution in [0.3, 0.4) is 0 Å². The average Bonchev–Trinajstić information content (AvgIpc) is 2.90. The number of halogens is 2. The average molecular weight is 529 g/mol. The summed E-state index contributed by atoms with van der Waals surface area (Å²) >= 11 is 6.77. The minimum Gasteiger partial charge on any atom is -0.375 e. The second-order valence-electron chi connectivity index (χ2n) is 7.51. The molecule has 1 aliphatic heterocycles. The number of Topliss-reactive ketones (excluding diaryl/α,β-unsaturated/α-hetero) is 1. The van der Waals surface area contributed by atoms with E-state index in [9.17, 15) is 14.7 Å². The highest BCUT2D eigenvalue weighted by Gasteiger charge is 2.51. The summed E-state index contributed by atoms with van der Waals surface area (Å²) in [6, 6.07) is 20.1. The Hall–Kier alpha value is -2.28. The monoisotopic (exact) mass is 527 g/mol. The maximum atomic E-state index is 13.4. The first-order valence-electron chi connectivity index (χ1n) is 9.46. The van der Waals surface area contributed by atoms with E-state index in [1.54, 1.807) is 41.3 Å². The lowest BCUT2D eigenvalue weighted by atomic mass is 9.88. The molecule has 0 aromatic heterocycles. The largest absolute Gasteiger partial charge is 0.375 e. The molecule has 1 atom stereocenters. The third kappa shape index (κ3) is 3.87. The number of carbonyl (C=O) groups is 2. The minimum atomic E-state index is -1.91. The van der Waals surface area contributed by atoms with Crippen LogP contribution in [0.25, 0.3) is 0 Å². The fourth-order valence-electron chi connectivity index (χ4n) is 3.81. The van der Waals surface area contributed by atoms with E-state index < -0.39 is 11.5 Å². The highest BCUT2D eigenvalue weighted by molar-refractivity contribution is 9.10. The zero-order chi connectivity index (χ0) is 21.5. The van der Waals surface area contributed by atoms with Crippen molar-refractivity contribution in [2.75, 3.05) is 4.90 Å². The fourth-order valence-corrected chi connectivity index (χ4v) is 4.44. The van der Waals surface area contributed by atoms with Crippen molar-refractivity contribution >= 4 is 49.2 Å². The van der Waals surface area contributed by atoms with E-state index in [4.69, 9.17) is 0 Å². The van der Waals surface area contributed by atoms with Crippen molar-refractivity contribution in [1.82, 2.24) is 0 Å². The van der Waals surface area contributed by atoms with Gasteiger partial charge < -0.3 is 10.0 Å². The topological polar surface area (TPSA) is 57.6 Å². The third-order valence-electron chi connectivity index (χ3n) is 5.30. The van der Waals surface area contributed by atoms with Crippen molar-refractivity contribution in [2.45, 2.75) is 25.5 Å². The van der Waals surface area contributed by atoms with Crippen LogP contribution >= 0.6 is 31.9 Å². The molecule has 0 fully saturated rings. The predicted molar refractivity (Wildman–Crippen MR) is 123 cm³/mol. The Balaban J connectivity index is 1.71. The molecule has 152 valence electrons. The summed E-state index contributed by atoms with van der Waals surface area (Å²) in [5.74, 6) is -0.774. The molecule has 1 aliphatic rings. The molecular weight excluding hydrogens is 510 g/mol. The number of hydrogen-bond donors (Lipinski definition) is 1. The van der Waals surface area contributed by atoms with Gasteiger partial charge in [-0.1, -0.05) is 73.8 Å². The van der Waals surface area contributed by atoms with Gasteiger partial charge in [0.25, 0.3) is 5.91 Å². The van der Waals surface area contributed by atoms with Crippen LogP contribution in [0.5, 0.6) is 0 Å². The van der Waals surface area contributed by atoms with E-state index in [-0.39, 0.29) is 12.2 Å². The van der Waals surface area contributed by atoms with E-state index in [1.165, 1.54) is 0 Å². The smallest absolute Gasteiger partial charge is 0.264 e. The molecule has 3 aromatic rings. The van der Waals surface area contributed by atoms with Gasteiger partial charge in [-0.15, -0.1) is 0 Å². The minimum absolute atomic E-state index is 0.290. The van der Waals surface area contributed by atoms with Crippen LogP contribution in [-0.2, 0) is 16.9 Å². The van der Waals surface area contributed by atoms with E-state index in [0.717, 1.165) is 20.1 Å². The van der Waals surface area contributed by atoms with Crippen LogP contribution < -0.4 is 4.90 Å². The van der Waals surface area contributed by atoms with Gasteiger partial charge in [-0.2, -0.15) is 0 Å². The molecule has 0 bridgehead atoms. The molecule has 0 radical (unpaired) electrons. The Kier molecular flexibility index (Phi) is 5.66. The molecule has 0 aliphatic carbocycles. The van der Waals surface area contributed by atoms with Crippen molar-refractivity contribution in [2.24, 2.45) is 0 Å². The highest BCUT2D eigenvalue weighted by Crippen LogP contribution is 2.44. The first-order chi connectivity index (χ1) is 14.3. The molecule has 30 heavy (non-hydrogen) atoms. The quantitative estimate of drug-likeness (QED) is 0.443. The molecular formula is C24H19Br2NO3. The molecule has 1 unspecified atom stereocenters. The van der Waals surface area contributed by atoms with Crippen LogP contribution in [0.1, 0.15) is 33.5 Å². The van der Waals surface area contributed by atoms with Gasteiger partial charge in [0.15, 0.2) is 11.4 Å². The Labute approximate surface area is 191 Å². The maximum Gasteiger partial charge on any atom is 0.264 e. The van der Waals surface area contributed by atoms with Gasteiger partial charge in [0.1, 0.15) is 0 Å². The summed E-state index contributed by atoms with van der Waals surface area (Å²) in [6.07, 6.45) is -0.318. The number of rotatable bonds is 5. The van der Waals surface area contributed by atoms with Crippen molar-refractivity contribution in [3.8, 4) is 0 Å². The second-order valence-corrected chi connectivity index (χ2v) is 9.34.